The van der Waals surface area contributed by atoms with E-state index in [1.54, 1.807) is 0 Å². The van der Waals surface area contributed by atoms with Crippen LogP contribution in [0.4, 0.5) is 23.3 Å². The molecule has 0 spiro atoms. The Morgan fingerprint density at radius 3 is 0.762 bits per heavy atom. The van der Waals surface area contributed by atoms with Gasteiger partial charge in [0, 0.05) is 45.2 Å². The van der Waals surface area contributed by atoms with Gasteiger partial charge in [-0.1, -0.05) is 97.1 Å². The number of nitrogens with zero attached hydrogens (tertiary/aromatic N) is 8. The normalized spacial score (nSPS) is 15.4. The second kappa shape index (κ2) is 9.68. The predicted molar refractivity (Wildman–Crippen MR) is 156 cm³/mol. The van der Waals surface area contributed by atoms with Gasteiger partial charge in [-0.2, -0.15) is 0 Å². The first-order valence-electron chi connectivity index (χ1n) is 12.9. The van der Waals surface area contributed by atoms with Crippen molar-refractivity contribution in [3.05, 3.63) is 119 Å². The standard InChI is InChI=1S/C32H16N8.Cr.H2O/c1-2-10-18-17(9-1)25-33-26(18)38-28-21-13-5-6-14-22(21)30(35-28)40-32-24-16-8-7-15-23(24)31(36-32)39-29-20-12-4-3-11-19(20)27(34-29)37-25;;/h1-16H;;1H2/q-4;+4;. The molecule has 4 aromatic heterocycles. The second-order valence-corrected chi connectivity index (χ2v) is 9.67. The average molecular weight is 583 g/mol. The van der Waals surface area contributed by atoms with Crippen LogP contribution in [0, 0.1) is 0 Å². The van der Waals surface area contributed by atoms with E-state index in [1.165, 1.54) is 0 Å². The smallest absolute Gasteiger partial charge is 0.412 e. The van der Waals surface area contributed by atoms with Crippen LogP contribution in [0.5, 0.6) is 0 Å². The molecule has 10 heteroatoms. The third kappa shape index (κ3) is 3.74. The summed E-state index contributed by atoms with van der Waals surface area (Å²) in [5, 5.41) is 7.15. The van der Waals surface area contributed by atoms with Crippen molar-refractivity contribution >= 4 is 66.4 Å². The Morgan fingerprint density at radius 2 is 0.524 bits per heavy atom. The van der Waals surface area contributed by atoms with Gasteiger partial charge in [0.2, 0.25) is 0 Å². The average Bonchev–Trinajstić information content (AvgIpc) is 3.73. The summed E-state index contributed by atoms with van der Waals surface area (Å²) in [6.45, 7) is 0. The van der Waals surface area contributed by atoms with Crippen molar-refractivity contribution in [2.24, 2.45) is 20.0 Å². The Bertz CT molecular complexity index is 2220. The Balaban J connectivity index is 0.00000144. The van der Waals surface area contributed by atoms with Crippen molar-refractivity contribution in [3.8, 4) is 0 Å². The largest absolute Gasteiger partial charge is 4.00 e. The van der Waals surface area contributed by atoms with Crippen LogP contribution in [0.2, 0.25) is 0 Å². The molecule has 0 radical (unpaired) electrons. The van der Waals surface area contributed by atoms with Crippen LogP contribution in [-0.4, -0.2) is 5.48 Å². The van der Waals surface area contributed by atoms with Gasteiger partial charge >= 0.3 is 17.4 Å². The number of benzene rings is 4. The molecule has 0 aliphatic carbocycles. The van der Waals surface area contributed by atoms with E-state index in [-0.39, 0.29) is 22.8 Å². The summed E-state index contributed by atoms with van der Waals surface area (Å²) in [6, 6.07) is 31.8. The fraction of sp³-hybridized carbons (Fsp3) is 0. The maximum Gasteiger partial charge on any atom is 4.00 e. The maximum atomic E-state index is 4.95. The van der Waals surface area contributed by atoms with Gasteiger partial charge in [0.05, 0.1) is 0 Å². The SMILES string of the molecule is O.[Cr+4].c1ccc2c3[n-]c(c2c1)/N=c1\[n-]/c(c2ccccc12)=N\c1[n-]c(c2ccccc12)/N=c1\[n-]/c(c2ccccc12)=N\3. The molecule has 9 rings (SSSR count). The zero-order valence-corrected chi connectivity index (χ0v) is 23.0. The maximum absolute atomic E-state index is 4.95. The van der Waals surface area contributed by atoms with Crippen molar-refractivity contribution in [3.63, 3.8) is 0 Å². The third-order valence-corrected chi connectivity index (χ3v) is 7.33. The van der Waals surface area contributed by atoms with Gasteiger partial charge in [0.25, 0.3) is 0 Å². The second-order valence-electron chi connectivity index (χ2n) is 9.67. The van der Waals surface area contributed by atoms with E-state index < -0.39 is 0 Å². The van der Waals surface area contributed by atoms with E-state index in [1.807, 2.05) is 97.1 Å². The first kappa shape index (κ1) is 25.7. The molecule has 2 N–H and O–H groups in total. The van der Waals surface area contributed by atoms with E-state index in [4.69, 9.17) is 39.9 Å². The quantitative estimate of drug-likeness (QED) is 0.271. The molecule has 0 saturated carbocycles. The summed E-state index contributed by atoms with van der Waals surface area (Å²) in [6.07, 6.45) is 0. The van der Waals surface area contributed by atoms with Crippen molar-refractivity contribution in [1.29, 1.82) is 0 Å². The summed E-state index contributed by atoms with van der Waals surface area (Å²) in [4.78, 5) is 39.3. The van der Waals surface area contributed by atoms with E-state index in [0.717, 1.165) is 43.1 Å². The predicted octanol–water partition coefficient (Wildman–Crippen LogP) is 3.42. The van der Waals surface area contributed by atoms with Crippen LogP contribution >= 0.6 is 0 Å². The van der Waals surface area contributed by atoms with E-state index in [0.29, 0.717) is 45.2 Å². The number of rotatable bonds is 0. The van der Waals surface area contributed by atoms with Crippen LogP contribution in [-0.2, 0) is 17.4 Å². The van der Waals surface area contributed by atoms with Gasteiger partial charge in [0.15, 0.2) is 0 Å². The molecular weight excluding hydrogens is 564 g/mol. The van der Waals surface area contributed by atoms with Gasteiger partial charge in [-0.15, -0.1) is 0 Å². The minimum absolute atomic E-state index is 0. The van der Waals surface area contributed by atoms with Gasteiger partial charge in [-0.05, 0) is 43.1 Å². The Kier molecular flexibility index (Phi) is 5.92. The van der Waals surface area contributed by atoms with E-state index in [2.05, 4.69) is 0 Å². The van der Waals surface area contributed by atoms with Crippen molar-refractivity contribution < 1.29 is 22.8 Å². The molecule has 8 aromatic rings. The molecule has 0 amide bonds. The van der Waals surface area contributed by atoms with Crippen LogP contribution in [0.25, 0.3) is 43.1 Å². The fourth-order valence-corrected chi connectivity index (χ4v) is 5.46. The Labute approximate surface area is 247 Å². The van der Waals surface area contributed by atoms with Crippen LogP contribution in [0.1, 0.15) is 0 Å². The molecule has 0 fully saturated rings. The summed E-state index contributed by atoms with van der Waals surface area (Å²) in [5.41, 5.74) is 2.21. The zero-order chi connectivity index (χ0) is 26.2. The number of aromatic nitrogens is 4. The van der Waals surface area contributed by atoms with E-state index >= 15 is 0 Å². The molecule has 8 bridgehead atoms. The fourth-order valence-electron chi connectivity index (χ4n) is 5.46. The van der Waals surface area contributed by atoms with Gasteiger partial charge < -0.3 is 45.4 Å². The molecule has 5 heterocycles. The first-order chi connectivity index (χ1) is 19.8. The number of hydrogen-bond donors (Lipinski definition) is 0. The van der Waals surface area contributed by atoms with E-state index in [9.17, 15) is 0 Å². The monoisotopic (exact) mass is 582 g/mol. The molecule has 0 unspecified atom stereocenters. The topological polar surface area (TPSA) is 137 Å². The summed E-state index contributed by atoms with van der Waals surface area (Å²) in [5.74, 6) is 2.21. The third-order valence-electron chi connectivity index (χ3n) is 7.33. The van der Waals surface area contributed by atoms with Crippen LogP contribution in [0.15, 0.2) is 117 Å². The van der Waals surface area contributed by atoms with Crippen molar-refractivity contribution in [1.82, 2.24) is 19.9 Å². The molecule has 42 heavy (non-hydrogen) atoms. The molecule has 1 aliphatic heterocycles. The summed E-state index contributed by atoms with van der Waals surface area (Å²) in [7, 11) is 0. The van der Waals surface area contributed by atoms with Gasteiger partial charge in [0.1, 0.15) is 0 Å². The number of fused-ring (bicyclic) bond motifs is 20. The minimum Gasteiger partial charge on any atom is -0.412 e. The zero-order valence-electron chi connectivity index (χ0n) is 21.7. The van der Waals surface area contributed by atoms with Crippen molar-refractivity contribution in [2.45, 2.75) is 0 Å². The molecule has 4 aromatic carbocycles. The molecule has 1 aliphatic rings. The first-order valence-corrected chi connectivity index (χ1v) is 12.9. The summed E-state index contributed by atoms with van der Waals surface area (Å²) >= 11 is 0. The van der Waals surface area contributed by atoms with Crippen molar-refractivity contribution in [2.75, 3.05) is 0 Å². The molecule has 9 nitrogen and oxygen atoms in total. The van der Waals surface area contributed by atoms with Crippen LogP contribution < -0.4 is 41.9 Å². The molecule has 0 atom stereocenters. The van der Waals surface area contributed by atoms with Gasteiger partial charge in [-0.25, -0.2) is 0 Å². The Morgan fingerprint density at radius 1 is 0.310 bits per heavy atom. The Hall–Kier alpha value is -5.27. The summed E-state index contributed by atoms with van der Waals surface area (Å²) < 4.78 is 0. The van der Waals surface area contributed by atoms with Crippen LogP contribution in [0.3, 0.4) is 0 Å². The molecule has 0 saturated heterocycles. The number of hydrogen-bond acceptors (Lipinski definition) is 4. The minimum atomic E-state index is 0. The molecule has 198 valence electrons. The van der Waals surface area contributed by atoms with Gasteiger partial charge in [-0.3, -0.25) is 0 Å². The molecular formula is C32H18CrN8O.